The minimum Gasteiger partial charge on any atom is -0.444 e. The highest BCUT2D eigenvalue weighted by atomic mass is 32.1. The van der Waals surface area contributed by atoms with Gasteiger partial charge in [0.1, 0.15) is 11.4 Å². The van der Waals surface area contributed by atoms with Crippen LogP contribution in [0.25, 0.3) is 17.0 Å². The molecule has 4 heterocycles. The molecule has 1 saturated heterocycles. The molecular weight excluding hydrogens is 531 g/mol. The maximum Gasteiger partial charge on any atom is 0.410 e. The van der Waals surface area contributed by atoms with E-state index in [4.69, 9.17) is 14.8 Å². The number of amides is 1. The number of benzene rings is 1. The van der Waals surface area contributed by atoms with Crippen molar-refractivity contribution in [2.24, 2.45) is 0 Å². The number of hydrogen-bond acceptors (Lipinski definition) is 9. The van der Waals surface area contributed by atoms with Crippen molar-refractivity contribution in [2.75, 3.05) is 25.0 Å². The Morgan fingerprint density at radius 1 is 1.23 bits per heavy atom. The van der Waals surface area contributed by atoms with Crippen LogP contribution in [0.5, 0.6) is 0 Å². The van der Waals surface area contributed by atoms with E-state index in [0.29, 0.717) is 36.0 Å². The number of likely N-dealkylation sites (tertiary alicyclic amines) is 1. The molecule has 1 fully saturated rings. The Labute approximate surface area is 236 Å². The van der Waals surface area contributed by atoms with Crippen LogP contribution in [0.1, 0.15) is 63.4 Å². The van der Waals surface area contributed by atoms with Gasteiger partial charge in [0.25, 0.3) is 0 Å². The zero-order valence-electron chi connectivity index (χ0n) is 23.2. The number of aryl methyl sites for hydroxylation is 1. The van der Waals surface area contributed by atoms with Gasteiger partial charge < -0.3 is 14.5 Å². The molecule has 1 aliphatic heterocycles. The summed E-state index contributed by atoms with van der Waals surface area (Å²) in [6.07, 6.45) is 1.99. The fourth-order valence-corrected chi connectivity index (χ4v) is 5.46. The Hall–Kier alpha value is -4.11. The summed E-state index contributed by atoms with van der Waals surface area (Å²) in [5, 5.41) is 15.0. The molecule has 1 aromatic carbocycles. The summed E-state index contributed by atoms with van der Waals surface area (Å²) >= 11 is 1.18. The van der Waals surface area contributed by atoms with E-state index in [2.05, 4.69) is 9.36 Å². The fraction of sp³-hybridized carbons (Fsp3) is 0.429. The SMILES string of the molecule is CCc1nc2ccc(C3CCN(C(=O)OC(C)(C)C)CC3)nn2c1N(C)c1nc(-c2ccc(F)cc2C#N)ns1. The minimum absolute atomic E-state index is 0.181. The van der Waals surface area contributed by atoms with Crippen LogP contribution in [0.2, 0.25) is 0 Å². The number of hydrogen-bond donors (Lipinski definition) is 0. The molecule has 0 unspecified atom stereocenters. The van der Waals surface area contributed by atoms with Crippen LogP contribution in [0.3, 0.4) is 0 Å². The van der Waals surface area contributed by atoms with Crippen LogP contribution >= 0.6 is 11.5 Å². The summed E-state index contributed by atoms with van der Waals surface area (Å²) in [6.45, 7) is 8.87. The number of rotatable bonds is 5. The Morgan fingerprint density at radius 3 is 2.65 bits per heavy atom. The van der Waals surface area contributed by atoms with Crippen LogP contribution < -0.4 is 4.90 Å². The summed E-state index contributed by atoms with van der Waals surface area (Å²) in [6, 6.07) is 10.0. The lowest BCUT2D eigenvalue weighted by Gasteiger charge is -2.33. The average molecular weight is 563 g/mol. The van der Waals surface area contributed by atoms with E-state index in [1.54, 1.807) is 4.90 Å². The van der Waals surface area contributed by atoms with Gasteiger partial charge in [0.05, 0.1) is 23.0 Å². The zero-order chi connectivity index (χ0) is 28.6. The maximum atomic E-state index is 13.6. The first-order valence-corrected chi connectivity index (χ1v) is 14.0. The van der Waals surface area contributed by atoms with Crippen molar-refractivity contribution >= 4 is 34.2 Å². The van der Waals surface area contributed by atoms with Crippen molar-refractivity contribution in [3.63, 3.8) is 0 Å². The topological polar surface area (TPSA) is 113 Å². The largest absolute Gasteiger partial charge is 0.444 e. The number of nitrogens with zero attached hydrogens (tertiary/aromatic N) is 8. The first-order chi connectivity index (χ1) is 19.1. The number of carbonyl (C=O) groups excluding carboxylic acids is 1. The number of anilines is 2. The summed E-state index contributed by atoms with van der Waals surface area (Å²) in [4.78, 5) is 25.6. The normalized spacial score (nSPS) is 14.4. The van der Waals surface area contributed by atoms with Gasteiger partial charge in [-0.3, -0.25) is 0 Å². The standard InChI is InChI=1S/C28H31FN8O2S/c1-6-21-25(35(5)26-32-24(34-40-26)20-8-7-19(29)15-18(20)16-30)37-23(31-21)10-9-22(33-37)17-11-13-36(14-12-17)27(38)39-28(2,3)4/h7-10,15,17H,6,11-14H2,1-5H3. The maximum absolute atomic E-state index is 13.6. The van der Waals surface area contributed by atoms with Gasteiger partial charge in [-0.05, 0) is 70.4 Å². The predicted octanol–water partition coefficient (Wildman–Crippen LogP) is 5.70. The molecule has 40 heavy (non-hydrogen) atoms. The molecule has 0 atom stereocenters. The van der Waals surface area contributed by atoms with Crippen molar-refractivity contribution in [1.29, 1.82) is 5.26 Å². The molecule has 12 heteroatoms. The second-order valence-electron chi connectivity index (χ2n) is 10.8. The number of piperidine rings is 1. The molecule has 0 spiro atoms. The van der Waals surface area contributed by atoms with Gasteiger partial charge in [-0.2, -0.15) is 24.2 Å². The summed E-state index contributed by atoms with van der Waals surface area (Å²) in [5.74, 6) is 0.863. The third kappa shape index (κ3) is 5.47. The van der Waals surface area contributed by atoms with E-state index in [1.165, 1.54) is 29.7 Å². The van der Waals surface area contributed by atoms with E-state index in [9.17, 15) is 14.4 Å². The Kier molecular flexibility index (Phi) is 7.42. The van der Waals surface area contributed by atoms with Crippen molar-refractivity contribution in [2.45, 2.75) is 58.5 Å². The lowest BCUT2D eigenvalue weighted by atomic mass is 9.93. The first kappa shape index (κ1) is 27.5. The molecule has 0 N–H and O–H groups in total. The van der Waals surface area contributed by atoms with E-state index >= 15 is 0 Å². The molecule has 1 amide bonds. The van der Waals surface area contributed by atoms with Crippen molar-refractivity contribution < 1.29 is 13.9 Å². The fourth-order valence-electron chi connectivity index (χ4n) is 4.81. The molecule has 10 nitrogen and oxygen atoms in total. The number of ether oxygens (including phenoxy) is 1. The smallest absolute Gasteiger partial charge is 0.410 e. The van der Waals surface area contributed by atoms with Crippen molar-refractivity contribution in [1.82, 2.24) is 28.9 Å². The highest BCUT2D eigenvalue weighted by Gasteiger charge is 2.29. The van der Waals surface area contributed by atoms with Gasteiger partial charge in [0.15, 0.2) is 17.3 Å². The Morgan fingerprint density at radius 2 is 1.98 bits per heavy atom. The highest BCUT2D eigenvalue weighted by Crippen LogP contribution is 2.34. The number of nitriles is 1. The van der Waals surface area contributed by atoms with Crippen molar-refractivity contribution in [3.05, 3.63) is 53.1 Å². The predicted molar refractivity (Wildman–Crippen MR) is 150 cm³/mol. The molecule has 1 aliphatic rings. The van der Waals surface area contributed by atoms with Crippen LogP contribution in [0.15, 0.2) is 30.3 Å². The molecule has 208 valence electrons. The van der Waals surface area contributed by atoms with E-state index in [0.717, 1.165) is 35.7 Å². The summed E-state index contributed by atoms with van der Waals surface area (Å²) in [5.41, 5.74) is 2.67. The number of fused-ring (bicyclic) bond motifs is 1. The third-order valence-electron chi connectivity index (χ3n) is 6.81. The lowest BCUT2D eigenvalue weighted by Crippen LogP contribution is -2.41. The zero-order valence-corrected chi connectivity index (χ0v) is 24.0. The van der Waals surface area contributed by atoms with E-state index in [-0.39, 0.29) is 17.6 Å². The number of aromatic nitrogens is 5. The molecule has 0 aliphatic carbocycles. The summed E-state index contributed by atoms with van der Waals surface area (Å²) in [7, 11) is 1.89. The Bertz CT molecular complexity index is 1590. The Balaban J connectivity index is 1.41. The number of halogens is 1. The number of imidazole rings is 1. The van der Waals surface area contributed by atoms with Crippen LogP contribution in [0, 0.1) is 17.1 Å². The first-order valence-electron chi connectivity index (χ1n) is 13.2. The second-order valence-corrected chi connectivity index (χ2v) is 11.5. The quantitative estimate of drug-likeness (QED) is 0.304. The molecule has 0 radical (unpaired) electrons. The van der Waals surface area contributed by atoms with Crippen LogP contribution in [-0.2, 0) is 11.2 Å². The minimum atomic E-state index is -0.522. The van der Waals surface area contributed by atoms with Crippen LogP contribution in [-0.4, -0.2) is 60.7 Å². The van der Waals surface area contributed by atoms with Gasteiger partial charge in [-0.25, -0.2) is 14.2 Å². The van der Waals surface area contributed by atoms with E-state index < -0.39 is 11.4 Å². The molecule has 0 bridgehead atoms. The second kappa shape index (κ2) is 10.8. The molecule has 5 rings (SSSR count). The highest BCUT2D eigenvalue weighted by molar-refractivity contribution is 7.10. The van der Waals surface area contributed by atoms with Crippen LogP contribution in [0.4, 0.5) is 20.1 Å². The number of carbonyl (C=O) groups is 1. The van der Waals surface area contributed by atoms with E-state index in [1.807, 2.05) is 62.4 Å². The van der Waals surface area contributed by atoms with Gasteiger partial charge in [0, 0.05) is 43.2 Å². The monoisotopic (exact) mass is 562 g/mol. The van der Waals surface area contributed by atoms with Gasteiger partial charge in [-0.15, -0.1) is 0 Å². The van der Waals surface area contributed by atoms with Crippen molar-refractivity contribution in [3.8, 4) is 17.5 Å². The molecular formula is C28H31FN8O2S. The molecule has 4 aromatic rings. The lowest BCUT2D eigenvalue weighted by molar-refractivity contribution is 0.0204. The molecule has 3 aromatic heterocycles. The van der Waals surface area contributed by atoms with Gasteiger partial charge in [-0.1, -0.05) is 6.92 Å². The molecule has 0 saturated carbocycles. The van der Waals surface area contributed by atoms with Gasteiger partial charge >= 0.3 is 6.09 Å². The summed E-state index contributed by atoms with van der Waals surface area (Å²) < 4.78 is 25.5. The van der Waals surface area contributed by atoms with Gasteiger partial charge in [0.2, 0.25) is 5.13 Å². The average Bonchev–Trinajstić information content (AvgIpc) is 3.56. The third-order valence-corrected chi connectivity index (χ3v) is 7.60.